The van der Waals surface area contributed by atoms with E-state index in [1.165, 1.54) is 4.52 Å². The highest BCUT2D eigenvalue weighted by Gasteiger charge is 2.36. The molecule has 0 aliphatic carbocycles. The Balaban J connectivity index is 1.37. The van der Waals surface area contributed by atoms with E-state index >= 15 is 0 Å². The molecule has 1 N–H and O–H groups in total. The van der Waals surface area contributed by atoms with Crippen LogP contribution >= 0.6 is 23.2 Å². The molecule has 1 fully saturated rings. The van der Waals surface area contributed by atoms with Crippen molar-refractivity contribution in [1.29, 1.82) is 0 Å². The molecule has 0 bridgehead atoms. The van der Waals surface area contributed by atoms with Crippen LogP contribution in [0.2, 0.25) is 10.0 Å². The molecule has 2 aromatic heterocycles. The number of rotatable bonds is 4. The van der Waals surface area contributed by atoms with Crippen LogP contribution in [0.3, 0.4) is 0 Å². The molecule has 3 aromatic carbocycles. The highest BCUT2D eigenvalue weighted by molar-refractivity contribution is 6.33. The van der Waals surface area contributed by atoms with Gasteiger partial charge < -0.3 is 10.0 Å². The molecule has 0 unspecified atom stereocenters. The van der Waals surface area contributed by atoms with E-state index < -0.39 is 5.60 Å². The maximum atomic E-state index is 13.6. The second-order valence-electron chi connectivity index (χ2n) is 9.38. The zero-order valence-corrected chi connectivity index (χ0v) is 21.8. The molecule has 38 heavy (non-hydrogen) atoms. The summed E-state index contributed by atoms with van der Waals surface area (Å²) in [6.07, 6.45) is 0.858. The number of benzene rings is 3. The number of carbonyl (C=O) groups excluding carboxylic acids is 1. The van der Waals surface area contributed by atoms with Gasteiger partial charge in [0.05, 0.1) is 10.6 Å². The van der Waals surface area contributed by atoms with Gasteiger partial charge >= 0.3 is 0 Å². The van der Waals surface area contributed by atoms with Gasteiger partial charge in [-0.05, 0) is 48.2 Å². The van der Waals surface area contributed by atoms with E-state index in [9.17, 15) is 9.90 Å². The van der Waals surface area contributed by atoms with Crippen LogP contribution < -0.4 is 0 Å². The number of hydrogen-bond acceptors (Lipinski definition) is 5. The van der Waals surface area contributed by atoms with Crippen molar-refractivity contribution in [2.75, 3.05) is 13.1 Å². The summed E-state index contributed by atoms with van der Waals surface area (Å²) in [5, 5.41) is 25.7. The van der Waals surface area contributed by atoms with Crippen molar-refractivity contribution in [3.05, 3.63) is 106 Å². The van der Waals surface area contributed by atoms with Crippen molar-refractivity contribution in [1.82, 2.24) is 24.7 Å². The molecule has 0 atom stereocenters. The maximum absolute atomic E-state index is 13.6. The monoisotopic (exact) mass is 543 g/mol. The van der Waals surface area contributed by atoms with Gasteiger partial charge in [0.25, 0.3) is 5.91 Å². The number of carbonyl (C=O) groups is 1. The Bertz CT molecular complexity index is 1630. The third kappa shape index (κ3) is 4.43. The number of piperidine rings is 1. The molecule has 190 valence electrons. The Morgan fingerprint density at radius 1 is 0.842 bits per heavy atom. The number of fused-ring (bicyclic) bond motifs is 1. The Morgan fingerprint density at radius 2 is 1.53 bits per heavy atom. The normalized spacial score (nSPS) is 15.1. The third-order valence-electron chi connectivity index (χ3n) is 7.06. The highest BCUT2D eigenvalue weighted by atomic mass is 35.5. The van der Waals surface area contributed by atoms with E-state index in [2.05, 4.69) is 10.2 Å². The van der Waals surface area contributed by atoms with Crippen LogP contribution in [0.5, 0.6) is 0 Å². The lowest BCUT2D eigenvalue weighted by molar-refractivity contribution is -0.0214. The summed E-state index contributed by atoms with van der Waals surface area (Å²) in [5.74, 6) is -0.175. The molecule has 3 heterocycles. The number of aromatic nitrogens is 4. The minimum absolute atomic E-state index is 0.112. The van der Waals surface area contributed by atoms with Gasteiger partial charge in [0.15, 0.2) is 5.65 Å². The molecule has 0 saturated carbocycles. The first kappa shape index (κ1) is 24.6. The van der Waals surface area contributed by atoms with E-state index in [-0.39, 0.29) is 11.7 Å². The number of halogens is 2. The van der Waals surface area contributed by atoms with Gasteiger partial charge in [-0.2, -0.15) is 9.61 Å². The fraction of sp³-hybridized carbons (Fsp3) is 0.172. The minimum atomic E-state index is -0.964. The number of amides is 1. The fourth-order valence-corrected chi connectivity index (χ4v) is 5.28. The first-order chi connectivity index (χ1) is 18.4. The first-order valence-corrected chi connectivity index (χ1v) is 13.0. The molecule has 0 radical (unpaired) electrons. The standard InChI is InChI=1S/C29H23Cl2N5O2/c30-21-12-10-19(11-13-21)23-18-25-32-33-27(36(25)34-26(23)22-8-4-5-9-24(22)31)28(37)35-16-14-29(38,15-17-35)20-6-2-1-3-7-20/h1-13,18,38H,14-17H2. The summed E-state index contributed by atoms with van der Waals surface area (Å²) in [5.41, 5.74) is 3.32. The van der Waals surface area contributed by atoms with Crippen LogP contribution in [0, 0.1) is 0 Å². The summed E-state index contributed by atoms with van der Waals surface area (Å²) in [6.45, 7) is 0.777. The average Bonchev–Trinajstić information content (AvgIpc) is 3.37. The fourth-order valence-electron chi connectivity index (χ4n) is 4.93. The lowest BCUT2D eigenvalue weighted by atomic mass is 9.84. The second kappa shape index (κ2) is 9.83. The molecule has 7 nitrogen and oxygen atoms in total. The van der Waals surface area contributed by atoms with E-state index in [1.54, 1.807) is 11.0 Å². The van der Waals surface area contributed by atoms with E-state index in [1.807, 2.05) is 78.9 Å². The molecule has 6 rings (SSSR count). The van der Waals surface area contributed by atoms with Crippen molar-refractivity contribution in [3.8, 4) is 22.4 Å². The van der Waals surface area contributed by atoms with Crippen LogP contribution in [-0.2, 0) is 5.60 Å². The van der Waals surface area contributed by atoms with Gasteiger partial charge in [-0.3, -0.25) is 4.79 Å². The zero-order chi connectivity index (χ0) is 26.3. The van der Waals surface area contributed by atoms with Crippen molar-refractivity contribution in [2.45, 2.75) is 18.4 Å². The molecule has 0 spiro atoms. The number of likely N-dealkylation sites (tertiary alicyclic amines) is 1. The van der Waals surface area contributed by atoms with Crippen molar-refractivity contribution < 1.29 is 9.90 Å². The topological polar surface area (TPSA) is 83.6 Å². The predicted octanol–water partition coefficient (Wildman–Crippen LogP) is 5.89. The van der Waals surface area contributed by atoms with E-state index in [4.69, 9.17) is 28.3 Å². The zero-order valence-electron chi connectivity index (χ0n) is 20.3. The van der Waals surface area contributed by atoms with Gasteiger partial charge in [-0.15, -0.1) is 10.2 Å². The Kier molecular flexibility index (Phi) is 6.35. The molecule has 1 aliphatic heterocycles. The number of nitrogens with zero attached hydrogens (tertiary/aromatic N) is 5. The smallest absolute Gasteiger partial charge is 0.293 e. The molecule has 1 amide bonds. The summed E-state index contributed by atoms with van der Waals surface area (Å²) in [7, 11) is 0. The SMILES string of the molecule is O=C(c1nnc2cc(-c3ccc(Cl)cc3)c(-c3ccccc3Cl)nn12)N1CCC(O)(c2ccccc2)CC1. The Labute approximate surface area is 229 Å². The molecule has 1 saturated heterocycles. The van der Waals surface area contributed by atoms with Crippen molar-refractivity contribution >= 4 is 34.8 Å². The summed E-state index contributed by atoms with van der Waals surface area (Å²) >= 11 is 12.7. The maximum Gasteiger partial charge on any atom is 0.293 e. The van der Waals surface area contributed by atoms with E-state index in [0.717, 1.165) is 22.3 Å². The predicted molar refractivity (Wildman–Crippen MR) is 147 cm³/mol. The summed E-state index contributed by atoms with van der Waals surface area (Å²) in [4.78, 5) is 15.3. The second-order valence-corrected chi connectivity index (χ2v) is 10.2. The minimum Gasteiger partial charge on any atom is -0.385 e. The lowest BCUT2D eigenvalue weighted by Crippen LogP contribution is -2.45. The van der Waals surface area contributed by atoms with Crippen LogP contribution in [0.15, 0.2) is 84.9 Å². The van der Waals surface area contributed by atoms with Crippen molar-refractivity contribution in [2.24, 2.45) is 0 Å². The molecule has 1 aliphatic rings. The van der Waals surface area contributed by atoms with Gasteiger partial charge in [-0.25, -0.2) is 0 Å². The average molecular weight is 544 g/mol. The van der Waals surface area contributed by atoms with Gasteiger partial charge in [0.2, 0.25) is 5.82 Å². The van der Waals surface area contributed by atoms with Gasteiger partial charge in [0.1, 0.15) is 5.69 Å². The molecular weight excluding hydrogens is 521 g/mol. The lowest BCUT2D eigenvalue weighted by Gasteiger charge is -2.38. The Morgan fingerprint density at radius 3 is 2.24 bits per heavy atom. The van der Waals surface area contributed by atoms with Crippen LogP contribution in [0.4, 0.5) is 0 Å². The van der Waals surface area contributed by atoms with Crippen LogP contribution in [0.1, 0.15) is 29.0 Å². The largest absolute Gasteiger partial charge is 0.385 e. The quantitative estimate of drug-likeness (QED) is 0.305. The summed E-state index contributed by atoms with van der Waals surface area (Å²) in [6, 6.07) is 26.3. The molecular formula is C29H23Cl2N5O2. The van der Waals surface area contributed by atoms with Crippen LogP contribution in [-0.4, -0.2) is 48.8 Å². The highest BCUT2D eigenvalue weighted by Crippen LogP contribution is 2.36. The molecule has 9 heteroatoms. The first-order valence-electron chi connectivity index (χ1n) is 12.3. The van der Waals surface area contributed by atoms with Gasteiger partial charge in [0, 0.05) is 29.2 Å². The third-order valence-corrected chi connectivity index (χ3v) is 7.64. The number of aliphatic hydroxyl groups is 1. The molecule has 5 aromatic rings. The van der Waals surface area contributed by atoms with Crippen LogP contribution in [0.25, 0.3) is 28.0 Å². The summed E-state index contributed by atoms with van der Waals surface area (Å²) < 4.78 is 1.47. The van der Waals surface area contributed by atoms with Crippen molar-refractivity contribution in [3.63, 3.8) is 0 Å². The number of hydrogen-bond donors (Lipinski definition) is 1. The van der Waals surface area contributed by atoms with E-state index in [0.29, 0.717) is 47.3 Å². The van der Waals surface area contributed by atoms with Gasteiger partial charge in [-0.1, -0.05) is 83.9 Å². The Hall–Kier alpha value is -3.78.